The van der Waals surface area contributed by atoms with Crippen molar-refractivity contribution >= 4 is 0 Å². The van der Waals surface area contributed by atoms with E-state index in [0.717, 1.165) is 17.6 Å². The highest BCUT2D eigenvalue weighted by Crippen LogP contribution is 2.19. The van der Waals surface area contributed by atoms with Gasteiger partial charge in [0.2, 0.25) is 0 Å². The monoisotopic (exact) mass is 415 g/mol. The van der Waals surface area contributed by atoms with Crippen LogP contribution in [0.5, 0.6) is 0 Å². The molecule has 2 aromatic rings. The minimum Gasteiger partial charge on any atom is -1.00 e. The number of unbranched alkanes of at least 4 members (excludes halogenated alkanes) is 9. The van der Waals surface area contributed by atoms with Crippen LogP contribution in [-0.4, -0.2) is 18.1 Å². The molecule has 0 amide bonds. The molecule has 0 radical (unpaired) electrons. The zero-order valence-corrected chi connectivity index (χ0v) is 19.5. The highest BCUT2D eigenvalue weighted by molar-refractivity contribution is 5.15. The molecule has 0 aliphatic rings. The van der Waals surface area contributed by atoms with Gasteiger partial charge in [-0.3, -0.25) is 0 Å². The summed E-state index contributed by atoms with van der Waals surface area (Å²) in [6, 6.07) is 22.0. The summed E-state index contributed by atoms with van der Waals surface area (Å²) in [4.78, 5) is 0. The van der Waals surface area contributed by atoms with Crippen LogP contribution in [0, 0.1) is 0 Å². The van der Waals surface area contributed by atoms with Gasteiger partial charge in [-0.15, -0.1) is 0 Å². The summed E-state index contributed by atoms with van der Waals surface area (Å²) in [5.74, 6) is 0. The highest BCUT2D eigenvalue weighted by atomic mass is 35.5. The molecule has 162 valence electrons. The molecular formula is C27H42ClN. The maximum Gasteiger partial charge on any atom is 0.104 e. The molecule has 0 saturated carbocycles. The van der Waals surface area contributed by atoms with E-state index in [-0.39, 0.29) is 12.4 Å². The van der Waals surface area contributed by atoms with Crippen molar-refractivity contribution in [2.75, 3.05) is 13.6 Å². The van der Waals surface area contributed by atoms with E-state index in [4.69, 9.17) is 0 Å². The van der Waals surface area contributed by atoms with E-state index in [1.807, 2.05) is 0 Å². The lowest BCUT2D eigenvalue weighted by Crippen LogP contribution is -3.00. The molecule has 0 aliphatic carbocycles. The van der Waals surface area contributed by atoms with Crippen molar-refractivity contribution in [2.24, 2.45) is 0 Å². The van der Waals surface area contributed by atoms with Crippen LogP contribution in [0.25, 0.3) is 0 Å². The van der Waals surface area contributed by atoms with Crippen molar-refractivity contribution in [3.8, 4) is 0 Å². The average molecular weight is 416 g/mol. The largest absolute Gasteiger partial charge is 1.00 e. The van der Waals surface area contributed by atoms with Crippen LogP contribution in [0.4, 0.5) is 0 Å². The summed E-state index contributed by atoms with van der Waals surface area (Å²) in [7, 11) is 2.44. The number of benzene rings is 2. The second kappa shape index (κ2) is 15.5. The molecule has 0 unspecified atom stereocenters. The Balaban J connectivity index is 0.00000420. The summed E-state index contributed by atoms with van der Waals surface area (Å²) in [6.45, 7) is 5.79. The van der Waals surface area contributed by atoms with Gasteiger partial charge in [-0.05, 0) is 12.8 Å². The predicted octanol–water partition coefficient (Wildman–Crippen LogP) is 4.76. The molecule has 1 nitrogen and oxygen atoms in total. The predicted molar refractivity (Wildman–Crippen MR) is 123 cm³/mol. The standard InChI is InChI=1S/C27H42N.ClH/c1-3-4-5-6-7-8-9-10-11-18-23-28(2,24-26-19-14-12-15-20-26)25-27-21-16-13-17-22-27;/h12-17,19-22H,3-11,18,23-25H2,1-2H3;1H/q+1;/p-1. The van der Waals surface area contributed by atoms with Crippen LogP contribution >= 0.6 is 0 Å². The molecule has 0 atom stereocenters. The van der Waals surface area contributed by atoms with Gasteiger partial charge in [-0.25, -0.2) is 0 Å². The molecule has 2 aromatic carbocycles. The van der Waals surface area contributed by atoms with E-state index in [0.29, 0.717) is 0 Å². The number of halogens is 1. The fourth-order valence-electron chi connectivity index (χ4n) is 4.24. The van der Waals surface area contributed by atoms with Crippen molar-refractivity contribution in [3.63, 3.8) is 0 Å². The Labute approximate surface area is 186 Å². The Hall–Kier alpha value is -1.31. The lowest BCUT2D eigenvalue weighted by Gasteiger charge is -2.35. The summed E-state index contributed by atoms with van der Waals surface area (Å²) in [6.07, 6.45) is 14.1. The quantitative estimate of drug-likeness (QED) is 0.290. The fourth-order valence-corrected chi connectivity index (χ4v) is 4.24. The normalized spacial score (nSPS) is 11.2. The second-order valence-electron chi connectivity index (χ2n) is 8.81. The molecule has 2 heteroatoms. The van der Waals surface area contributed by atoms with Gasteiger partial charge >= 0.3 is 0 Å². The van der Waals surface area contributed by atoms with Crippen molar-refractivity contribution in [1.82, 2.24) is 0 Å². The maximum atomic E-state index is 2.44. The number of nitrogens with zero attached hydrogens (tertiary/aromatic N) is 1. The first kappa shape index (κ1) is 25.7. The van der Waals surface area contributed by atoms with Gasteiger partial charge in [0.15, 0.2) is 0 Å². The van der Waals surface area contributed by atoms with Crippen LogP contribution in [-0.2, 0) is 13.1 Å². The smallest absolute Gasteiger partial charge is 0.104 e. The first-order valence-corrected chi connectivity index (χ1v) is 11.6. The molecule has 0 bridgehead atoms. The molecule has 0 aliphatic heterocycles. The SMILES string of the molecule is CCCCCCCCCCCC[N+](C)(Cc1ccccc1)Cc1ccccc1.[Cl-]. The number of rotatable bonds is 15. The van der Waals surface area contributed by atoms with Gasteiger partial charge in [-0.2, -0.15) is 0 Å². The Morgan fingerprint density at radius 1 is 0.552 bits per heavy atom. The molecular weight excluding hydrogens is 374 g/mol. The summed E-state index contributed by atoms with van der Waals surface area (Å²) >= 11 is 0. The summed E-state index contributed by atoms with van der Waals surface area (Å²) in [5, 5.41) is 0. The van der Waals surface area contributed by atoms with Crippen molar-refractivity contribution < 1.29 is 16.9 Å². The molecule has 0 saturated heterocycles. The van der Waals surface area contributed by atoms with Crippen LogP contribution < -0.4 is 12.4 Å². The molecule has 0 fully saturated rings. The minimum atomic E-state index is 0. The van der Waals surface area contributed by atoms with E-state index in [9.17, 15) is 0 Å². The van der Waals surface area contributed by atoms with Gasteiger partial charge in [0.25, 0.3) is 0 Å². The molecule has 29 heavy (non-hydrogen) atoms. The van der Waals surface area contributed by atoms with Gasteiger partial charge in [0.05, 0.1) is 13.6 Å². The second-order valence-corrected chi connectivity index (χ2v) is 8.81. The number of quaternary nitrogens is 1. The van der Waals surface area contributed by atoms with Crippen molar-refractivity contribution in [1.29, 1.82) is 0 Å². The molecule has 0 N–H and O–H groups in total. The van der Waals surface area contributed by atoms with Crippen molar-refractivity contribution in [2.45, 2.75) is 84.2 Å². The third-order valence-corrected chi connectivity index (χ3v) is 5.87. The minimum absolute atomic E-state index is 0. The molecule has 0 aromatic heterocycles. The third-order valence-electron chi connectivity index (χ3n) is 5.87. The number of hydrogen-bond donors (Lipinski definition) is 0. The van der Waals surface area contributed by atoms with Crippen LogP contribution in [0.1, 0.15) is 82.3 Å². The average Bonchev–Trinajstić information content (AvgIpc) is 2.71. The summed E-state index contributed by atoms with van der Waals surface area (Å²) < 4.78 is 1.10. The third kappa shape index (κ3) is 11.5. The Bertz CT molecular complexity index is 569. The van der Waals surface area contributed by atoms with Crippen LogP contribution in [0.3, 0.4) is 0 Å². The lowest BCUT2D eigenvalue weighted by atomic mass is 10.1. The van der Waals surface area contributed by atoms with E-state index in [1.165, 1.54) is 81.9 Å². The van der Waals surface area contributed by atoms with Crippen LogP contribution in [0.15, 0.2) is 60.7 Å². The lowest BCUT2D eigenvalue weighted by molar-refractivity contribution is -0.935. The summed E-state index contributed by atoms with van der Waals surface area (Å²) in [5.41, 5.74) is 2.90. The fraction of sp³-hybridized carbons (Fsp3) is 0.556. The van der Waals surface area contributed by atoms with Gasteiger partial charge in [0.1, 0.15) is 13.1 Å². The Morgan fingerprint density at radius 2 is 0.931 bits per heavy atom. The van der Waals surface area contributed by atoms with E-state index in [2.05, 4.69) is 74.6 Å². The molecule has 2 rings (SSSR count). The van der Waals surface area contributed by atoms with Crippen LogP contribution in [0.2, 0.25) is 0 Å². The first-order valence-electron chi connectivity index (χ1n) is 11.6. The highest BCUT2D eigenvalue weighted by Gasteiger charge is 2.22. The zero-order valence-electron chi connectivity index (χ0n) is 18.8. The van der Waals surface area contributed by atoms with Gasteiger partial charge in [-0.1, -0.05) is 119 Å². The number of hydrogen-bond acceptors (Lipinski definition) is 0. The van der Waals surface area contributed by atoms with Gasteiger partial charge in [0, 0.05) is 11.1 Å². The molecule has 0 spiro atoms. The Morgan fingerprint density at radius 3 is 1.34 bits per heavy atom. The van der Waals surface area contributed by atoms with Gasteiger partial charge < -0.3 is 16.9 Å². The molecule has 0 heterocycles. The van der Waals surface area contributed by atoms with E-state index in [1.54, 1.807) is 0 Å². The maximum absolute atomic E-state index is 2.44. The zero-order chi connectivity index (χ0) is 19.9. The topological polar surface area (TPSA) is 0 Å². The van der Waals surface area contributed by atoms with E-state index < -0.39 is 0 Å². The Kier molecular flexibility index (Phi) is 13.8. The van der Waals surface area contributed by atoms with Crippen molar-refractivity contribution in [3.05, 3.63) is 71.8 Å². The van der Waals surface area contributed by atoms with E-state index >= 15 is 0 Å². The first-order chi connectivity index (χ1) is 13.7.